The van der Waals surface area contributed by atoms with E-state index in [2.05, 4.69) is 32.3 Å². The molecule has 0 aliphatic carbocycles. The van der Waals surface area contributed by atoms with Gasteiger partial charge in [0.2, 0.25) is 5.91 Å². The van der Waals surface area contributed by atoms with E-state index < -0.39 is 11.5 Å². The number of phenols is 1. The minimum absolute atomic E-state index is 0.00378. The van der Waals surface area contributed by atoms with E-state index in [1.165, 1.54) is 24.7 Å². The minimum atomic E-state index is -0.877. The maximum Gasteiger partial charge on any atom is 0.380 e. The quantitative estimate of drug-likeness (QED) is 0.345. The van der Waals surface area contributed by atoms with Gasteiger partial charge in [0.1, 0.15) is 29.1 Å². The molecule has 0 saturated carbocycles. The smallest absolute Gasteiger partial charge is 0.380 e. The van der Waals surface area contributed by atoms with Crippen LogP contribution in [0.1, 0.15) is 12.0 Å². The van der Waals surface area contributed by atoms with Crippen LogP contribution in [0, 0.1) is 24.7 Å². The van der Waals surface area contributed by atoms with Gasteiger partial charge in [-0.2, -0.15) is 0 Å². The zero-order valence-corrected chi connectivity index (χ0v) is 19.6. The van der Waals surface area contributed by atoms with Crippen molar-refractivity contribution in [3.8, 4) is 35.9 Å². The van der Waals surface area contributed by atoms with Crippen LogP contribution in [0.3, 0.4) is 0 Å². The van der Waals surface area contributed by atoms with Crippen LogP contribution in [0.15, 0.2) is 55.5 Å². The van der Waals surface area contributed by atoms with Gasteiger partial charge in [0.15, 0.2) is 11.9 Å². The van der Waals surface area contributed by atoms with Crippen LogP contribution < -0.4 is 4.90 Å². The van der Waals surface area contributed by atoms with E-state index in [-0.39, 0.29) is 28.9 Å². The summed E-state index contributed by atoms with van der Waals surface area (Å²) in [4.78, 5) is 33.0. The first-order chi connectivity index (χ1) is 17.9. The number of carbonyl (C=O) groups excluding carboxylic acids is 1. The van der Waals surface area contributed by atoms with Gasteiger partial charge >= 0.3 is 5.66 Å². The molecule has 2 aliphatic heterocycles. The Balaban J connectivity index is 1.50. The molecule has 6 rings (SSSR count). The fraction of sp³-hybridized carbons (Fsp3) is 0.179. The van der Waals surface area contributed by atoms with E-state index in [1.54, 1.807) is 29.2 Å². The highest BCUT2D eigenvalue weighted by Crippen LogP contribution is 2.48. The molecule has 2 fully saturated rings. The summed E-state index contributed by atoms with van der Waals surface area (Å²) in [7, 11) is 0. The van der Waals surface area contributed by atoms with Gasteiger partial charge < -0.3 is 10.0 Å². The van der Waals surface area contributed by atoms with Crippen molar-refractivity contribution in [2.45, 2.75) is 18.1 Å². The van der Waals surface area contributed by atoms with Crippen LogP contribution in [-0.2, 0) is 4.79 Å². The molecule has 9 heteroatoms. The van der Waals surface area contributed by atoms with Gasteiger partial charge in [-0.3, -0.25) is 14.7 Å². The fourth-order valence-corrected chi connectivity index (χ4v) is 5.61. The molecule has 1 N–H and O–H groups in total. The van der Waals surface area contributed by atoms with Gasteiger partial charge in [-0.25, -0.2) is 14.4 Å². The lowest BCUT2D eigenvalue weighted by molar-refractivity contribution is -0.127. The van der Waals surface area contributed by atoms with Crippen molar-refractivity contribution in [3.63, 3.8) is 0 Å². The minimum Gasteiger partial charge on any atom is -0.508 e. The third kappa shape index (κ3) is 3.01. The second-order valence-corrected chi connectivity index (χ2v) is 9.04. The Kier molecular flexibility index (Phi) is 4.86. The first-order valence-corrected chi connectivity index (χ1v) is 11.6. The van der Waals surface area contributed by atoms with E-state index in [9.17, 15) is 9.90 Å². The lowest BCUT2D eigenvalue weighted by Crippen LogP contribution is -2.70. The number of benzene rings is 2. The largest absolute Gasteiger partial charge is 0.508 e. The monoisotopic (exact) mass is 491 g/mol. The summed E-state index contributed by atoms with van der Waals surface area (Å²) in [6, 6.07) is 8.07. The number of fused-ring (bicyclic) bond motifs is 3. The second kappa shape index (κ2) is 8.00. The summed E-state index contributed by atoms with van der Waals surface area (Å²) < 4.78 is 16.1. The normalized spacial score (nSPS) is 20.2. The molecule has 0 bridgehead atoms. The van der Waals surface area contributed by atoms with Crippen LogP contribution in [0.4, 0.5) is 10.2 Å². The number of halogens is 1. The highest BCUT2D eigenvalue weighted by Gasteiger charge is 2.70. The molecular weight excluding hydrogens is 471 g/mol. The third-order valence-corrected chi connectivity index (χ3v) is 7.36. The Labute approximate surface area is 211 Å². The molecule has 4 heterocycles. The number of amides is 1. The van der Waals surface area contributed by atoms with E-state index in [0.717, 1.165) is 0 Å². The zero-order chi connectivity index (χ0) is 25.9. The number of hydrogen-bond donors (Lipinski definition) is 1. The molecule has 8 nitrogen and oxygen atoms in total. The van der Waals surface area contributed by atoms with Crippen molar-refractivity contribution in [1.29, 1.82) is 0 Å². The Morgan fingerprint density at radius 3 is 2.92 bits per heavy atom. The average Bonchev–Trinajstić information content (AvgIpc) is 3.19. The number of aromatic nitrogens is 3. The number of aromatic hydroxyl groups is 1. The first kappa shape index (κ1) is 22.4. The molecule has 0 radical (unpaired) electrons. The van der Waals surface area contributed by atoms with E-state index >= 15 is 4.39 Å². The lowest BCUT2D eigenvalue weighted by atomic mass is 9.88. The van der Waals surface area contributed by atoms with Crippen molar-refractivity contribution in [3.05, 3.63) is 71.7 Å². The molecule has 2 saturated heterocycles. The summed E-state index contributed by atoms with van der Waals surface area (Å²) in [6.45, 7) is 10.3. The van der Waals surface area contributed by atoms with Crippen molar-refractivity contribution in [2.75, 3.05) is 18.0 Å². The van der Waals surface area contributed by atoms with Crippen LogP contribution in [0.2, 0.25) is 0 Å². The van der Waals surface area contributed by atoms with Gasteiger partial charge in [-0.15, -0.1) is 6.42 Å². The number of phenolic OH excluding ortho intramolecular Hbond substituents is 1. The SMILES string of the molecule is C#Cc1cccc2cc(O)cc(-c3ncc4c(N5C[C@H]6N(C(=O)C=C)CC[C@]65[N+]#C)ncnc4c3F)c12. The van der Waals surface area contributed by atoms with Crippen LogP contribution in [-0.4, -0.2) is 55.7 Å². The van der Waals surface area contributed by atoms with Gasteiger partial charge in [-0.05, 0) is 29.7 Å². The molecule has 2 atom stereocenters. The molecule has 4 aromatic rings. The van der Waals surface area contributed by atoms with Crippen molar-refractivity contribution in [1.82, 2.24) is 19.9 Å². The third-order valence-electron chi connectivity index (χ3n) is 7.36. The molecule has 37 heavy (non-hydrogen) atoms. The van der Waals surface area contributed by atoms with Crippen molar-refractivity contribution in [2.24, 2.45) is 0 Å². The lowest BCUT2D eigenvalue weighted by Gasteiger charge is -2.45. The summed E-state index contributed by atoms with van der Waals surface area (Å²) >= 11 is 0. The number of pyridine rings is 1. The maximum absolute atomic E-state index is 16.1. The fourth-order valence-electron chi connectivity index (χ4n) is 5.61. The Bertz CT molecular complexity index is 1740. The van der Waals surface area contributed by atoms with E-state index in [0.29, 0.717) is 52.6 Å². The summed E-state index contributed by atoms with van der Waals surface area (Å²) in [5.41, 5.74) is 0.0876. The van der Waals surface area contributed by atoms with Crippen LogP contribution >= 0.6 is 0 Å². The summed E-state index contributed by atoms with van der Waals surface area (Å²) in [6.07, 6.45) is 10.2. The number of hydrogen-bond acceptors (Lipinski definition) is 6. The van der Waals surface area contributed by atoms with Crippen LogP contribution in [0.25, 0.3) is 37.8 Å². The topological polar surface area (TPSA) is 86.8 Å². The summed E-state index contributed by atoms with van der Waals surface area (Å²) in [5.74, 6) is 2.14. The van der Waals surface area contributed by atoms with E-state index in [4.69, 9.17) is 13.0 Å². The predicted molar refractivity (Wildman–Crippen MR) is 139 cm³/mol. The number of anilines is 1. The average molecular weight is 492 g/mol. The summed E-state index contributed by atoms with van der Waals surface area (Å²) in [5, 5.41) is 12.0. The molecule has 2 aliphatic rings. The van der Waals surface area contributed by atoms with Crippen LogP contribution in [0.5, 0.6) is 5.75 Å². The number of carbonyl (C=O) groups is 1. The molecule has 1 amide bonds. The molecule has 2 aromatic carbocycles. The number of terminal acetylenes is 1. The number of likely N-dealkylation sites (tertiary alicyclic amines) is 1. The van der Waals surface area contributed by atoms with Crippen molar-refractivity contribution < 1.29 is 14.3 Å². The standard InChI is InChI=1S/C28H19FN6O2/c1-4-16-7-6-8-17-11-18(36)12-19(23(16)17)25-24(29)26-20(13-31-25)27(33-15-32-26)35-14-21-28(35,30-3)9-10-34(21)22(37)5-2/h1,3,5-8,11-13,15,21H,2,9-10,14H2/p+1/t21-,28-/m1/s1. The molecule has 0 unspecified atom stereocenters. The first-order valence-electron chi connectivity index (χ1n) is 11.6. The van der Waals surface area contributed by atoms with Gasteiger partial charge in [-0.1, -0.05) is 29.5 Å². The highest BCUT2D eigenvalue weighted by atomic mass is 19.1. The Morgan fingerprint density at radius 1 is 1.32 bits per heavy atom. The molecular formula is C28H20FN6O2+. The number of rotatable bonds is 3. The Hall–Kier alpha value is -5.02. The second-order valence-electron chi connectivity index (χ2n) is 9.04. The van der Waals surface area contributed by atoms with Crippen molar-refractivity contribution >= 4 is 33.4 Å². The molecule has 0 spiro atoms. The molecule has 180 valence electrons. The number of nitrogens with zero attached hydrogens (tertiary/aromatic N) is 6. The van der Waals surface area contributed by atoms with E-state index in [1.807, 2.05) is 4.90 Å². The van der Waals surface area contributed by atoms with Gasteiger partial charge in [0, 0.05) is 29.3 Å². The predicted octanol–water partition coefficient (Wildman–Crippen LogP) is 3.94. The van der Waals surface area contributed by atoms with Gasteiger partial charge in [0.25, 0.3) is 6.57 Å². The zero-order valence-electron chi connectivity index (χ0n) is 19.6. The van der Waals surface area contributed by atoms with Gasteiger partial charge in [0.05, 0.1) is 18.4 Å². The maximum atomic E-state index is 16.1. The molecule has 2 aromatic heterocycles. The highest BCUT2D eigenvalue weighted by molar-refractivity contribution is 6.03. The Morgan fingerprint density at radius 2 is 2.16 bits per heavy atom.